The fourth-order valence-electron chi connectivity index (χ4n) is 5.00. The monoisotopic (exact) mass is 417 g/mol. The van der Waals surface area contributed by atoms with Crippen LogP contribution in [0, 0.1) is 0 Å². The van der Waals surface area contributed by atoms with Gasteiger partial charge in [0.15, 0.2) is 11.5 Å². The molecule has 160 valence electrons. The smallest absolute Gasteiger partial charge is 0.273 e. The molecule has 1 amide bonds. The number of hydrogen-bond donors (Lipinski definition) is 1. The van der Waals surface area contributed by atoms with Gasteiger partial charge in [-0.05, 0) is 37.5 Å². The van der Waals surface area contributed by atoms with Gasteiger partial charge in [-0.3, -0.25) is 9.89 Å². The molecule has 0 bridgehead atoms. The zero-order valence-corrected chi connectivity index (χ0v) is 17.9. The summed E-state index contributed by atoms with van der Waals surface area (Å²) in [5.41, 5.74) is 4.40. The first-order valence-electron chi connectivity index (χ1n) is 11.0. The van der Waals surface area contributed by atoms with Gasteiger partial charge in [-0.1, -0.05) is 49.2 Å². The number of carbonyl (C=O) groups is 1. The molecule has 1 unspecified atom stereocenters. The Kier molecular flexibility index (Phi) is 5.14. The van der Waals surface area contributed by atoms with Crippen molar-refractivity contribution in [1.82, 2.24) is 15.1 Å². The van der Waals surface area contributed by atoms with Crippen molar-refractivity contribution in [1.29, 1.82) is 0 Å². The molecule has 0 spiro atoms. The van der Waals surface area contributed by atoms with Crippen LogP contribution in [0.15, 0.2) is 48.5 Å². The average Bonchev–Trinajstić information content (AvgIpc) is 3.53. The first-order chi connectivity index (χ1) is 15.2. The number of hydrogen-bond acceptors (Lipinski definition) is 4. The van der Waals surface area contributed by atoms with E-state index in [1.54, 1.807) is 7.11 Å². The molecule has 1 saturated carbocycles. The molecule has 1 aliphatic heterocycles. The third-order valence-electron chi connectivity index (χ3n) is 6.37. The number of fused-ring (bicyclic) bond motifs is 1. The molecule has 1 atom stereocenters. The van der Waals surface area contributed by atoms with E-state index in [2.05, 4.69) is 15.1 Å². The third-order valence-corrected chi connectivity index (χ3v) is 6.37. The lowest BCUT2D eigenvalue weighted by Gasteiger charge is -2.32. The number of methoxy groups -OCH3 is 1. The van der Waals surface area contributed by atoms with Crippen molar-refractivity contribution in [3.05, 3.63) is 65.4 Å². The van der Waals surface area contributed by atoms with Crippen molar-refractivity contribution < 1.29 is 14.3 Å². The molecule has 2 heterocycles. The summed E-state index contributed by atoms with van der Waals surface area (Å²) in [4.78, 5) is 15.6. The summed E-state index contributed by atoms with van der Waals surface area (Å²) in [6, 6.07) is 16.1. The Morgan fingerprint density at radius 3 is 2.58 bits per heavy atom. The maximum absolute atomic E-state index is 13.5. The quantitative estimate of drug-likeness (QED) is 0.615. The van der Waals surface area contributed by atoms with E-state index >= 15 is 0 Å². The summed E-state index contributed by atoms with van der Waals surface area (Å²) in [5.74, 6) is 1.42. The zero-order valence-electron chi connectivity index (χ0n) is 17.9. The standard InChI is InChI=1S/C25H27N3O3/c1-3-31-19-14-13-17(15-20(19)30-2)24-21-22(16-9-5-4-6-10-16)26-27-23(21)25(29)28(24)18-11-7-8-12-18/h4-6,9-10,13-15,18,24H,3,7-8,11-12H2,1-2H3,(H,26,27). The largest absolute Gasteiger partial charge is 0.493 e. The summed E-state index contributed by atoms with van der Waals surface area (Å²) in [6.07, 6.45) is 4.39. The van der Waals surface area contributed by atoms with Gasteiger partial charge in [0.25, 0.3) is 5.91 Å². The van der Waals surface area contributed by atoms with Gasteiger partial charge >= 0.3 is 0 Å². The van der Waals surface area contributed by atoms with Gasteiger partial charge in [0, 0.05) is 17.2 Å². The molecule has 3 aromatic rings. The van der Waals surface area contributed by atoms with Crippen LogP contribution in [0.3, 0.4) is 0 Å². The second-order valence-corrected chi connectivity index (χ2v) is 8.12. The fraction of sp³-hybridized carbons (Fsp3) is 0.360. The maximum Gasteiger partial charge on any atom is 0.273 e. The molecule has 6 nitrogen and oxygen atoms in total. The van der Waals surface area contributed by atoms with Crippen LogP contribution in [-0.2, 0) is 0 Å². The van der Waals surface area contributed by atoms with Crippen molar-refractivity contribution >= 4 is 5.91 Å². The molecule has 0 saturated heterocycles. The number of aromatic amines is 1. The van der Waals surface area contributed by atoms with Crippen LogP contribution >= 0.6 is 0 Å². The summed E-state index contributed by atoms with van der Waals surface area (Å²) in [5, 5.41) is 7.61. The highest BCUT2D eigenvalue weighted by Gasteiger charge is 2.45. The first kappa shape index (κ1) is 19.7. The van der Waals surface area contributed by atoms with Gasteiger partial charge in [-0.2, -0.15) is 5.10 Å². The molecule has 1 aromatic heterocycles. The van der Waals surface area contributed by atoms with Crippen LogP contribution in [0.1, 0.15) is 60.3 Å². The van der Waals surface area contributed by atoms with E-state index in [-0.39, 0.29) is 18.0 Å². The number of ether oxygens (including phenoxy) is 2. The number of H-pyrrole nitrogens is 1. The number of carbonyl (C=O) groups excluding carboxylic acids is 1. The molecule has 1 N–H and O–H groups in total. The van der Waals surface area contributed by atoms with E-state index in [0.717, 1.165) is 48.1 Å². The van der Waals surface area contributed by atoms with E-state index in [1.165, 1.54) is 0 Å². The minimum absolute atomic E-state index is 0.0365. The maximum atomic E-state index is 13.5. The second kappa shape index (κ2) is 8.10. The predicted molar refractivity (Wildman–Crippen MR) is 118 cm³/mol. The SMILES string of the molecule is CCOc1ccc(C2c3c(-c4ccccc4)n[nH]c3C(=O)N2C2CCCC2)cc1OC. The van der Waals surface area contributed by atoms with Crippen molar-refractivity contribution in [2.75, 3.05) is 13.7 Å². The molecule has 2 aliphatic rings. The first-order valence-corrected chi connectivity index (χ1v) is 11.0. The summed E-state index contributed by atoms with van der Waals surface area (Å²) >= 11 is 0. The Bertz CT molecular complexity index is 1090. The van der Waals surface area contributed by atoms with Crippen LogP contribution in [0.25, 0.3) is 11.3 Å². The van der Waals surface area contributed by atoms with Gasteiger partial charge in [0.05, 0.1) is 25.5 Å². The van der Waals surface area contributed by atoms with Gasteiger partial charge in [-0.15, -0.1) is 0 Å². The van der Waals surface area contributed by atoms with Crippen molar-refractivity contribution in [2.45, 2.75) is 44.7 Å². The molecule has 1 fully saturated rings. The number of rotatable bonds is 6. The average molecular weight is 418 g/mol. The normalized spacial score (nSPS) is 18.5. The van der Waals surface area contributed by atoms with Crippen LogP contribution in [0.5, 0.6) is 11.5 Å². The molecule has 0 radical (unpaired) electrons. The van der Waals surface area contributed by atoms with E-state index < -0.39 is 0 Å². The van der Waals surface area contributed by atoms with Crippen LogP contribution in [0.4, 0.5) is 0 Å². The van der Waals surface area contributed by atoms with Gasteiger partial charge in [0.2, 0.25) is 0 Å². The Balaban J connectivity index is 1.66. The zero-order chi connectivity index (χ0) is 21.4. The Morgan fingerprint density at radius 1 is 1.10 bits per heavy atom. The summed E-state index contributed by atoms with van der Waals surface area (Å²) in [7, 11) is 1.65. The van der Waals surface area contributed by atoms with Gasteiger partial charge in [-0.25, -0.2) is 0 Å². The van der Waals surface area contributed by atoms with Crippen LogP contribution < -0.4 is 9.47 Å². The number of aromatic nitrogens is 2. The minimum atomic E-state index is -0.205. The number of benzene rings is 2. The molecule has 2 aromatic carbocycles. The molecule has 5 rings (SSSR count). The second-order valence-electron chi connectivity index (χ2n) is 8.12. The van der Waals surface area contributed by atoms with Crippen molar-refractivity contribution in [3.8, 4) is 22.8 Å². The fourth-order valence-corrected chi connectivity index (χ4v) is 5.00. The summed E-state index contributed by atoms with van der Waals surface area (Å²) < 4.78 is 11.3. The molecule has 6 heteroatoms. The minimum Gasteiger partial charge on any atom is -0.493 e. The van der Waals surface area contributed by atoms with Crippen LogP contribution in [0.2, 0.25) is 0 Å². The highest BCUT2D eigenvalue weighted by atomic mass is 16.5. The lowest BCUT2D eigenvalue weighted by Crippen LogP contribution is -2.37. The van der Waals surface area contributed by atoms with Crippen molar-refractivity contribution in [3.63, 3.8) is 0 Å². The Hall–Kier alpha value is -3.28. The van der Waals surface area contributed by atoms with E-state index in [4.69, 9.17) is 9.47 Å². The van der Waals surface area contributed by atoms with Crippen LogP contribution in [-0.4, -0.2) is 40.8 Å². The van der Waals surface area contributed by atoms with E-state index in [1.807, 2.05) is 55.5 Å². The lowest BCUT2D eigenvalue weighted by atomic mass is 9.95. The Morgan fingerprint density at radius 2 is 1.87 bits per heavy atom. The van der Waals surface area contributed by atoms with E-state index in [0.29, 0.717) is 23.8 Å². The summed E-state index contributed by atoms with van der Waals surface area (Å²) in [6.45, 7) is 2.52. The van der Waals surface area contributed by atoms with E-state index in [9.17, 15) is 4.79 Å². The molecular formula is C25H27N3O3. The molecular weight excluding hydrogens is 390 g/mol. The Labute approximate surface area is 182 Å². The number of nitrogens with zero attached hydrogens (tertiary/aromatic N) is 2. The van der Waals surface area contributed by atoms with Crippen molar-refractivity contribution in [2.24, 2.45) is 0 Å². The molecule has 1 aliphatic carbocycles. The third kappa shape index (κ3) is 3.26. The number of nitrogens with one attached hydrogen (secondary N) is 1. The number of amides is 1. The topological polar surface area (TPSA) is 67.5 Å². The lowest BCUT2D eigenvalue weighted by molar-refractivity contribution is 0.0660. The van der Waals surface area contributed by atoms with Gasteiger partial charge < -0.3 is 14.4 Å². The predicted octanol–water partition coefficient (Wildman–Crippen LogP) is 4.97. The highest BCUT2D eigenvalue weighted by molar-refractivity contribution is 6.00. The molecule has 31 heavy (non-hydrogen) atoms. The highest BCUT2D eigenvalue weighted by Crippen LogP contribution is 2.47. The van der Waals surface area contributed by atoms with Gasteiger partial charge in [0.1, 0.15) is 5.69 Å².